The molecule has 2 rings (SSSR count). The van der Waals surface area contributed by atoms with Gasteiger partial charge in [-0.25, -0.2) is 0 Å². The lowest BCUT2D eigenvalue weighted by Crippen LogP contribution is -2.33. The molecule has 0 bridgehead atoms. The molecule has 1 aliphatic rings. The van der Waals surface area contributed by atoms with Gasteiger partial charge in [0.15, 0.2) is 0 Å². The van der Waals surface area contributed by atoms with Crippen LogP contribution in [0.5, 0.6) is 0 Å². The summed E-state index contributed by atoms with van der Waals surface area (Å²) in [5.74, 6) is 0.590. The van der Waals surface area contributed by atoms with Gasteiger partial charge < -0.3 is 10.1 Å². The monoisotopic (exact) mass is 261 g/mol. The Hall–Kier alpha value is -0.860. The van der Waals surface area contributed by atoms with Crippen LogP contribution in [0.1, 0.15) is 49.4 Å². The first kappa shape index (κ1) is 14.5. The Morgan fingerprint density at radius 3 is 2.79 bits per heavy atom. The molecule has 1 aromatic carbocycles. The predicted octanol–water partition coefficient (Wildman–Crippen LogP) is 3.77. The van der Waals surface area contributed by atoms with Crippen molar-refractivity contribution in [3.63, 3.8) is 0 Å². The molecule has 0 amide bonds. The maximum absolute atomic E-state index is 5.78. The van der Waals surface area contributed by atoms with Crippen molar-refractivity contribution in [2.75, 3.05) is 13.2 Å². The second kappa shape index (κ2) is 6.53. The van der Waals surface area contributed by atoms with Crippen molar-refractivity contribution in [1.29, 1.82) is 0 Å². The number of hydrogen-bond acceptors (Lipinski definition) is 2. The molecule has 2 heteroatoms. The summed E-state index contributed by atoms with van der Waals surface area (Å²) in [6.45, 7) is 10.8. The first-order chi connectivity index (χ1) is 9.13. The normalized spacial score (nSPS) is 24.6. The quantitative estimate of drug-likeness (QED) is 0.871. The Balaban J connectivity index is 2.28. The summed E-state index contributed by atoms with van der Waals surface area (Å²) in [6, 6.07) is 7.21. The molecule has 19 heavy (non-hydrogen) atoms. The predicted molar refractivity (Wildman–Crippen MR) is 80.5 cm³/mol. The lowest BCUT2D eigenvalue weighted by Gasteiger charge is -2.29. The zero-order valence-corrected chi connectivity index (χ0v) is 12.7. The molecule has 1 saturated heterocycles. The summed E-state index contributed by atoms with van der Waals surface area (Å²) in [5, 5.41) is 3.75. The minimum atomic E-state index is 0.356. The SMILES string of the molecule is CCCNC(c1cc(C)ccc1C)C1CCOC1C. The van der Waals surface area contributed by atoms with E-state index in [1.54, 1.807) is 0 Å². The van der Waals surface area contributed by atoms with Crippen LogP contribution in [0, 0.1) is 19.8 Å². The Morgan fingerprint density at radius 2 is 2.16 bits per heavy atom. The maximum Gasteiger partial charge on any atom is 0.0594 e. The number of aryl methyl sites for hydroxylation is 2. The average molecular weight is 261 g/mol. The highest BCUT2D eigenvalue weighted by Crippen LogP contribution is 2.35. The van der Waals surface area contributed by atoms with E-state index in [0.29, 0.717) is 18.1 Å². The molecule has 3 unspecified atom stereocenters. The van der Waals surface area contributed by atoms with Gasteiger partial charge in [0.2, 0.25) is 0 Å². The van der Waals surface area contributed by atoms with Crippen LogP contribution in [0.25, 0.3) is 0 Å². The van der Waals surface area contributed by atoms with E-state index in [0.717, 1.165) is 19.6 Å². The molecular formula is C17H27NO. The number of hydrogen-bond donors (Lipinski definition) is 1. The lowest BCUT2D eigenvalue weighted by atomic mass is 9.85. The minimum absolute atomic E-state index is 0.356. The summed E-state index contributed by atoms with van der Waals surface area (Å²) < 4.78 is 5.78. The number of nitrogens with one attached hydrogen (secondary N) is 1. The van der Waals surface area contributed by atoms with Crippen molar-refractivity contribution in [1.82, 2.24) is 5.32 Å². The molecule has 1 fully saturated rings. The molecule has 2 nitrogen and oxygen atoms in total. The van der Waals surface area contributed by atoms with E-state index in [1.165, 1.54) is 23.1 Å². The van der Waals surface area contributed by atoms with Crippen molar-refractivity contribution >= 4 is 0 Å². The fourth-order valence-corrected chi connectivity index (χ4v) is 3.07. The zero-order chi connectivity index (χ0) is 13.8. The third kappa shape index (κ3) is 3.37. The third-order valence-corrected chi connectivity index (χ3v) is 4.25. The maximum atomic E-state index is 5.78. The molecule has 1 aliphatic heterocycles. The van der Waals surface area contributed by atoms with Crippen molar-refractivity contribution < 1.29 is 4.74 Å². The van der Waals surface area contributed by atoms with E-state index in [4.69, 9.17) is 4.74 Å². The largest absolute Gasteiger partial charge is 0.378 e. The Bertz CT molecular complexity index is 416. The van der Waals surface area contributed by atoms with E-state index in [9.17, 15) is 0 Å². The molecule has 0 radical (unpaired) electrons. The van der Waals surface area contributed by atoms with Crippen molar-refractivity contribution in [3.8, 4) is 0 Å². The van der Waals surface area contributed by atoms with Crippen LogP contribution in [-0.4, -0.2) is 19.3 Å². The molecule has 0 aromatic heterocycles. The van der Waals surface area contributed by atoms with Gasteiger partial charge in [0.1, 0.15) is 0 Å². The number of rotatable bonds is 5. The van der Waals surface area contributed by atoms with Crippen LogP contribution in [-0.2, 0) is 4.74 Å². The van der Waals surface area contributed by atoms with Gasteiger partial charge in [0, 0.05) is 18.6 Å². The van der Waals surface area contributed by atoms with Gasteiger partial charge in [-0.2, -0.15) is 0 Å². The second-order valence-electron chi connectivity index (χ2n) is 5.82. The van der Waals surface area contributed by atoms with E-state index in [2.05, 4.69) is 51.2 Å². The van der Waals surface area contributed by atoms with Gasteiger partial charge in [-0.3, -0.25) is 0 Å². The summed E-state index contributed by atoms with van der Waals surface area (Å²) in [7, 11) is 0. The van der Waals surface area contributed by atoms with Crippen molar-refractivity contribution in [2.24, 2.45) is 5.92 Å². The van der Waals surface area contributed by atoms with Crippen LogP contribution in [0.15, 0.2) is 18.2 Å². The van der Waals surface area contributed by atoms with Crippen LogP contribution in [0.2, 0.25) is 0 Å². The Kier molecular flexibility index (Phi) is 5.00. The molecule has 0 aliphatic carbocycles. The van der Waals surface area contributed by atoms with Gasteiger partial charge in [0.05, 0.1) is 6.10 Å². The molecule has 1 heterocycles. The first-order valence-electron chi connectivity index (χ1n) is 7.55. The van der Waals surface area contributed by atoms with E-state index >= 15 is 0 Å². The van der Waals surface area contributed by atoms with Crippen LogP contribution >= 0.6 is 0 Å². The van der Waals surface area contributed by atoms with Crippen LogP contribution in [0.3, 0.4) is 0 Å². The lowest BCUT2D eigenvalue weighted by molar-refractivity contribution is 0.0953. The van der Waals surface area contributed by atoms with E-state index in [-0.39, 0.29) is 0 Å². The summed E-state index contributed by atoms with van der Waals surface area (Å²) >= 11 is 0. The fourth-order valence-electron chi connectivity index (χ4n) is 3.07. The first-order valence-corrected chi connectivity index (χ1v) is 7.55. The topological polar surface area (TPSA) is 21.3 Å². The molecule has 106 valence electrons. The summed E-state index contributed by atoms with van der Waals surface area (Å²) in [4.78, 5) is 0. The third-order valence-electron chi connectivity index (χ3n) is 4.25. The Morgan fingerprint density at radius 1 is 1.37 bits per heavy atom. The van der Waals surface area contributed by atoms with Crippen LogP contribution in [0.4, 0.5) is 0 Å². The minimum Gasteiger partial charge on any atom is -0.378 e. The zero-order valence-electron chi connectivity index (χ0n) is 12.7. The van der Waals surface area contributed by atoms with Crippen molar-refractivity contribution in [3.05, 3.63) is 34.9 Å². The highest BCUT2D eigenvalue weighted by Gasteiger charge is 2.33. The number of ether oxygens (including phenoxy) is 1. The van der Waals surface area contributed by atoms with Gasteiger partial charge in [-0.1, -0.05) is 30.7 Å². The van der Waals surface area contributed by atoms with E-state index < -0.39 is 0 Å². The molecule has 0 spiro atoms. The standard InChI is InChI=1S/C17H27NO/c1-5-9-18-17(15-8-10-19-14(15)4)16-11-12(2)6-7-13(16)3/h6-7,11,14-15,17-18H,5,8-10H2,1-4H3. The number of benzene rings is 1. The van der Waals surface area contributed by atoms with Crippen LogP contribution < -0.4 is 5.32 Å². The molecule has 1 aromatic rings. The van der Waals surface area contributed by atoms with Gasteiger partial charge in [-0.15, -0.1) is 0 Å². The molecule has 0 saturated carbocycles. The Labute approximate surface area is 117 Å². The molecule has 3 atom stereocenters. The summed E-state index contributed by atoms with van der Waals surface area (Å²) in [5.41, 5.74) is 4.18. The molecular weight excluding hydrogens is 234 g/mol. The molecule has 1 N–H and O–H groups in total. The highest BCUT2D eigenvalue weighted by molar-refractivity contribution is 5.33. The summed E-state index contributed by atoms with van der Waals surface area (Å²) in [6.07, 6.45) is 2.69. The average Bonchev–Trinajstić information content (AvgIpc) is 2.80. The second-order valence-corrected chi connectivity index (χ2v) is 5.82. The fraction of sp³-hybridized carbons (Fsp3) is 0.647. The van der Waals surface area contributed by atoms with E-state index in [1.807, 2.05) is 0 Å². The van der Waals surface area contributed by atoms with Crippen molar-refractivity contribution in [2.45, 2.75) is 52.7 Å². The smallest absolute Gasteiger partial charge is 0.0594 e. The van der Waals surface area contributed by atoms with Gasteiger partial charge in [-0.05, 0) is 51.3 Å². The highest BCUT2D eigenvalue weighted by atomic mass is 16.5. The van der Waals surface area contributed by atoms with Gasteiger partial charge in [0.25, 0.3) is 0 Å². The van der Waals surface area contributed by atoms with Gasteiger partial charge >= 0.3 is 0 Å².